The molecule has 2 atom stereocenters. The first-order valence-corrected chi connectivity index (χ1v) is 15.6. The highest BCUT2D eigenvalue weighted by Gasteiger charge is 2.46. The minimum absolute atomic E-state index is 0.0967. The number of hydrogen-bond acceptors (Lipinski definition) is 3. The normalized spacial score (nSPS) is 16.3. The standard InChI is InChI=1S/C42H36O3/c1-7-19-33(20-8-1)41(34-21-9-2-10-22-34,35-23-11-3-12-24-35)43-31-39-40(45-39)32-44-42(36-25-13-4-14-26-36,37-27-15-5-16-28-37)38-29-17-6-18-30-38/h1-30,39-40H,31-32H2/t39-,40+. The van der Waals surface area contributed by atoms with Gasteiger partial charge >= 0.3 is 0 Å². The molecule has 45 heavy (non-hydrogen) atoms. The van der Waals surface area contributed by atoms with E-state index in [4.69, 9.17) is 14.2 Å². The Labute approximate surface area is 265 Å². The molecule has 1 saturated heterocycles. The zero-order chi connectivity index (χ0) is 30.4. The van der Waals surface area contributed by atoms with Crippen LogP contribution in [-0.4, -0.2) is 25.4 Å². The predicted molar refractivity (Wildman–Crippen MR) is 179 cm³/mol. The SMILES string of the molecule is c1ccc(C(OC[C@@H]2O[C@@H]2COC(c2ccccc2)(c2ccccc2)c2ccccc2)(c2ccccc2)c2ccccc2)cc1. The monoisotopic (exact) mass is 588 g/mol. The molecule has 1 aliphatic heterocycles. The van der Waals surface area contributed by atoms with Crippen LogP contribution in [0, 0.1) is 0 Å². The van der Waals surface area contributed by atoms with Crippen LogP contribution in [0.4, 0.5) is 0 Å². The van der Waals surface area contributed by atoms with E-state index in [2.05, 4.69) is 146 Å². The van der Waals surface area contributed by atoms with Gasteiger partial charge in [-0.3, -0.25) is 0 Å². The van der Waals surface area contributed by atoms with Crippen LogP contribution in [0.25, 0.3) is 0 Å². The van der Waals surface area contributed by atoms with Crippen LogP contribution in [0.2, 0.25) is 0 Å². The van der Waals surface area contributed by atoms with E-state index in [1.54, 1.807) is 0 Å². The lowest BCUT2D eigenvalue weighted by atomic mass is 9.80. The summed E-state index contributed by atoms with van der Waals surface area (Å²) >= 11 is 0. The van der Waals surface area contributed by atoms with Crippen molar-refractivity contribution in [3.8, 4) is 0 Å². The highest BCUT2D eigenvalue weighted by atomic mass is 16.6. The fourth-order valence-corrected chi connectivity index (χ4v) is 6.42. The molecule has 0 unspecified atom stereocenters. The number of benzene rings is 6. The second-order valence-corrected chi connectivity index (χ2v) is 11.4. The third-order valence-corrected chi connectivity index (χ3v) is 8.70. The zero-order valence-corrected chi connectivity index (χ0v) is 25.1. The van der Waals surface area contributed by atoms with Gasteiger partial charge in [-0.2, -0.15) is 0 Å². The molecule has 1 fully saturated rings. The van der Waals surface area contributed by atoms with Crippen LogP contribution in [-0.2, 0) is 25.4 Å². The van der Waals surface area contributed by atoms with Crippen LogP contribution >= 0.6 is 0 Å². The lowest BCUT2D eigenvalue weighted by Gasteiger charge is -2.36. The van der Waals surface area contributed by atoms with E-state index in [0.29, 0.717) is 13.2 Å². The highest BCUT2D eigenvalue weighted by Crippen LogP contribution is 2.44. The summed E-state index contributed by atoms with van der Waals surface area (Å²) < 4.78 is 20.4. The maximum absolute atomic E-state index is 7.05. The van der Waals surface area contributed by atoms with Crippen LogP contribution in [0.1, 0.15) is 33.4 Å². The first-order chi connectivity index (χ1) is 22.3. The fourth-order valence-electron chi connectivity index (χ4n) is 6.42. The summed E-state index contributed by atoms with van der Waals surface area (Å²) in [6, 6.07) is 62.8. The summed E-state index contributed by atoms with van der Waals surface area (Å²) in [6.45, 7) is 0.837. The molecule has 222 valence electrons. The molecule has 0 saturated carbocycles. The number of rotatable bonds is 12. The van der Waals surface area contributed by atoms with Gasteiger partial charge in [0.2, 0.25) is 0 Å². The van der Waals surface area contributed by atoms with E-state index in [9.17, 15) is 0 Å². The number of hydrogen-bond donors (Lipinski definition) is 0. The average molecular weight is 589 g/mol. The number of ether oxygens (including phenoxy) is 3. The summed E-state index contributed by atoms with van der Waals surface area (Å²) in [5.41, 5.74) is 4.88. The first kappa shape index (κ1) is 28.9. The van der Waals surface area contributed by atoms with Crippen molar-refractivity contribution in [1.82, 2.24) is 0 Å². The zero-order valence-electron chi connectivity index (χ0n) is 25.1. The third-order valence-electron chi connectivity index (χ3n) is 8.70. The van der Waals surface area contributed by atoms with E-state index >= 15 is 0 Å². The minimum atomic E-state index is -0.789. The first-order valence-electron chi connectivity index (χ1n) is 15.6. The van der Waals surface area contributed by atoms with E-state index in [1.165, 1.54) is 0 Å². The molecule has 6 aromatic rings. The van der Waals surface area contributed by atoms with Crippen LogP contribution in [0.3, 0.4) is 0 Å². The molecular weight excluding hydrogens is 552 g/mol. The second-order valence-electron chi connectivity index (χ2n) is 11.4. The van der Waals surface area contributed by atoms with Crippen molar-refractivity contribution in [3.05, 3.63) is 215 Å². The van der Waals surface area contributed by atoms with E-state index < -0.39 is 11.2 Å². The molecule has 0 bridgehead atoms. The Hall–Kier alpha value is -4.80. The van der Waals surface area contributed by atoms with Crippen LogP contribution in [0.15, 0.2) is 182 Å². The molecule has 6 aromatic carbocycles. The fraction of sp³-hybridized carbons (Fsp3) is 0.143. The molecule has 0 amide bonds. The molecule has 3 nitrogen and oxygen atoms in total. The summed E-state index contributed by atoms with van der Waals surface area (Å²) in [5, 5.41) is 0. The predicted octanol–water partition coefficient (Wildman–Crippen LogP) is 8.77. The van der Waals surface area contributed by atoms with Crippen molar-refractivity contribution in [2.75, 3.05) is 13.2 Å². The molecule has 0 spiro atoms. The van der Waals surface area contributed by atoms with Crippen molar-refractivity contribution in [1.29, 1.82) is 0 Å². The summed E-state index contributed by atoms with van der Waals surface area (Å²) in [7, 11) is 0. The van der Waals surface area contributed by atoms with Crippen molar-refractivity contribution in [3.63, 3.8) is 0 Å². The highest BCUT2D eigenvalue weighted by molar-refractivity contribution is 5.49. The lowest BCUT2D eigenvalue weighted by molar-refractivity contribution is 0.00160. The summed E-state index contributed by atoms with van der Waals surface area (Å²) in [5.74, 6) is 0. The maximum Gasteiger partial charge on any atom is 0.143 e. The van der Waals surface area contributed by atoms with Gasteiger partial charge in [0.1, 0.15) is 23.4 Å². The van der Waals surface area contributed by atoms with Gasteiger partial charge in [-0.1, -0.05) is 182 Å². The van der Waals surface area contributed by atoms with Crippen molar-refractivity contribution in [2.45, 2.75) is 23.4 Å². The molecule has 1 aliphatic rings. The van der Waals surface area contributed by atoms with Crippen molar-refractivity contribution >= 4 is 0 Å². The summed E-state index contributed by atoms with van der Waals surface area (Å²) in [4.78, 5) is 0. The Balaban J connectivity index is 1.18. The molecule has 1 heterocycles. The molecule has 7 rings (SSSR count). The largest absolute Gasteiger partial charge is 0.365 e. The van der Waals surface area contributed by atoms with Gasteiger partial charge in [0, 0.05) is 0 Å². The molecule has 3 heteroatoms. The second kappa shape index (κ2) is 13.1. The quantitative estimate of drug-likeness (QED) is 0.106. The van der Waals surface area contributed by atoms with E-state index in [1.807, 2.05) is 36.4 Å². The van der Waals surface area contributed by atoms with E-state index in [0.717, 1.165) is 33.4 Å². The molecule has 0 N–H and O–H groups in total. The van der Waals surface area contributed by atoms with Gasteiger partial charge in [0.25, 0.3) is 0 Å². The van der Waals surface area contributed by atoms with Gasteiger partial charge in [-0.05, 0) is 33.4 Å². The van der Waals surface area contributed by atoms with Gasteiger partial charge in [-0.15, -0.1) is 0 Å². The van der Waals surface area contributed by atoms with Gasteiger partial charge < -0.3 is 14.2 Å². The topological polar surface area (TPSA) is 31.0 Å². The molecule has 0 aliphatic carbocycles. The molecule has 0 radical (unpaired) electrons. The van der Waals surface area contributed by atoms with Gasteiger partial charge in [0.15, 0.2) is 0 Å². The Morgan fingerprint density at radius 2 is 0.533 bits per heavy atom. The average Bonchev–Trinajstić information content (AvgIpc) is 3.90. The Bertz CT molecular complexity index is 1430. The maximum atomic E-state index is 7.05. The Morgan fingerprint density at radius 3 is 0.733 bits per heavy atom. The van der Waals surface area contributed by atoms with E-state index in [-0.39, 0.29) is 12.2 Å². The number of epoxide rings is 1. The smallest absolute Gasteiger partial charge is 0.143 e. The van der Waals surface area contributed by atoms with Gasteiger partial charge in [-0.25, -0.2) is 0 Å². The summed E-state index contributed by atoms with van der Waals surface area (Å²) in [6.07, 6.45) is -0.193. The molecular formula is C42H36O3. The van der Waals surface area contributed by atoms with Gasteiger partial charge in [0.05, 0.1) is 13.2 Å². The third kappa shape index (κ3) is 5.74. The lowest BCUT2D eigenvalue weighted by Crippen LogP contribution is -2.35. The Morgan fingerprint density at radius 1 is 0.333 bits per heavy atom. The molecule has 0 aromatic heterocycles. The minimum Gasteiger partial charge on any atom is -0.365 e. The van der Waals surface area contributed by atoms with Crippen LogP contribution in [0.5, 0.6) is 0 Å². The van der Waals surface area contributed by atoms with Crippen molar-refractivity contribution < 1.29 is 14.2 Å². The van der Waals surface area contributed by atoms with Crippen molar-refractivity contribution in [2.24, 2.45) is 0 Å². The van der Waals surface area contributed by atoms with Crippen LogP contribution < -0.4 is 0 Å². The Kier molecular flexibility index (Phi) is 8.39.